The highest BCUT2D eigenvalue weighted by molar-refractivity contribution is 6.33. The predicted octanol–water partition coefficient (Wildman–Crippen LogP) is 3.57. The SMILES string of the molecule is CC(NC(=O)c1ccccc1Cl)C(=O)OCC(=O)Nc1ccc(C(F)(F)F)cc1[N+](=O)[O-]. The number of anilines is 1. The molecule has 0 fully saturated rings. The molecule has 2 aromatic rings. The van der Waals surface area contributed by atoms with Crippen molar-refractivity contribution in [3.63, 3.8) is 0 Å². The Balaban J connectivity index is 1.96. The van der Waals surface area contributed by atoms with Crippen molar-refractivity contribution < 1.29 is 37.2 Å². The van der Waals surface area contributed by atoms with Gasteiger partial charge in [0.05, 0.1) is 21.1 Å². The molecule has 2 aromatic carbocycles. The molecular weight excluding hydrogens is 459 g/mol. The second-order valence-corrected chi connectivity index (χ2v) is 6.72. The lowest BCUT2D eigenvalue weighted by Gasteiger charge is -2.14. The first-order valence-corrected chi connectivity index (χ1v) is 9.15. The summed E-state index contributed by atoms with van der Waals surface area (Å²) in [4.78, 5) is 46.0. The Morgan fingerprint density at radius 1 is 1.19 bits per heavy atom. The Labute approximate surface area is 183 Å². The number of amides is 2. The largest absolute Gasteiger partial charge is 0.454 e. The van der Waals surface area contributed by atoms with E-state index in [1.54, 1.807) is 12.1 Å². The minimum Gasteiger partial charge on any atom is -0.454 e. The van der Waals surface area contributed by atoms with E-state index in [1.807, 2.05) is 5.32 Å². The third-order valence-corrected chi connectivity index (χ3v) is 4.29. The van der Waals surface area contributed by atoms with Crippen molar-refractivity contribution in [2.75, 3.05) is 11.9 Å². The molecule has 0 saturated carbocycles. The average molecular weight is 474 g/mol. The van der Waals surface area contributed by atoms with Crippen molar-refractivity contribution in [3.8, 4) is 0 Å². The Bertz CT molecular complexity index is 1060. The highest BCUT2D eigenvalue weighted by Gasteiger charge is 2.33. The van der Waals surface area contributed by atoms with E-state index in [2.05, 4.69) is 5.32 Å². The molecule has 0 aliphatic carbocycles. The standard InChI is InChI=1S/C19H15ClF3N3O6/c1-10(24-17(28)12-4-2-3-5-13(12)20)18(29)32-9-16(27)25-14-7-6-11(19(21,22)23)8-15(14)26(30)31/h2-8,10H,9H2,1H3,(H,24,28)(H,25,27). The van der Waals surface area contributed by atoms with E-state index in [9.17, 15) is 37.7 Å². The van der Waals surface area contributed by atoms with Gasteiger partial charge in [-0.1, -0.05) is 23.7 Å². The maximum atomic E-state index is 12.7. The van der Waals surface area contributed by atoms with Crippen LogP contribution in [0.4, 0.5) is 24.5 Å². The molecule has 9 nitrogen and oxygen atoms in total. The number of hydrogen-bond acceptors (Lipinski definition) is 6. The topological polar surface area (TPSA) is 128 Å². The Hall–Kier alpha value is -3.67. The summed E-state index contributed by atoms with van der Waals surface area (Å²) in [6.07, 6.45) is -4.81. The van der Waals surface area contributed by atoms with Gasteiger partial charge in [0.15, 0.2) is 6.61 Å². The highest BCUT2D eigenvalue weighted by atomic mass is 35.5. The summed E-state index contributed by atoms with van der Waals surface area (Å²) in [6, 6.07) is 6.45. The molecule has 0 bridgehead atoms. The predicted molar refractivity (Wildman–Crippen MR) is 106 cm³/mol. The summed E-state index contributed by atoms with van der Waals surface area (Å²) in [5.41, 5.74) is -2.65. The summed E-state index contributed by atoms with van der Waals surface area (Å²) < 4.78 is 42.9. The van der Waals surface area contributed by atoms with Crippen molar-refractivity contribution in [1.29, 1.82) is 0 Å². The van der Waals surface area contributed by atoms with Crippen LogP contribution in [0.3, 0.4) is 0 Å². The lowest BCUT2D eigenvalue weighted by molar-refractivity contribution is -0.384. The number of carbonyl (C=O) groups is 3. The summed E-state index contributed by atoms with van der Waals surface area (Å²) in [5, 5.41) is 15.5. The molecular formula is C19H15ClF3N3O6. The normalized spacial score (nSPS) is 11.9. The van der Waals surface area contributed by atoms with Crippen LogP contribution in [0.25, 0.3) is 0 Å². The number of alkyl halides is 3. The molecule has 0 aromatic heterocycles. The number of nitro groups is 1. The molecule has 1 atom stereocenters. The summed E-state index contributed by atoms with van der Waals surface area (Å²) in [7, 11) is 0. The number of rotatable bonds is 7. The third-order valence-electron chi connectivity index (χ3n) is 3.96. The zero-order chi connectivity index (χ0) is 24.1. The number of nitrogens with one attached hydrogen (secondary N) is 2. The summed E-state index contributed by atoms with van der Waals surface area (Å²) in [6.45, 7) is 0.388. The van der Waals surface area contributed by atoms with Gasteiger partial charge in [0.2, 0.25) is 0 Å². The minimum absolute atomic E-state index is 0.112. The molecule has 32 heavy (non-hydrogen) atoms. The molecule has 2 N–H and O–H groups in total. The van der Waals surface area contributed by atoms with Gasteiger partial charge in [0.1, 0.15) is 11.7 Å². The lowest BCUT2D eigenvalue weighted by atomic mass is 10.1. The van der Waals surface area contributed by atoms with Gasteiger partial charge >= 0.3 is 12.1 Å². The average Bonchev–Trinajstić information content (AvgIpc) is 2.71. The number of halogens is 4. The monoisotopic (exact) mass is 473 g/mol. The number of ether oxygens (including phenoxy) is 1. The molecule has 0 heterocycles. The molecule has 2 rings (SSSR count). The minimum atomic E-state index is -4.81. The van der Waals surface area contributed by atoms with E-state index < -0.39 is 58.5 Å². The van der Waals surface area contributed by atoms with E-state index in [-0.39, 0.29) is 16.7 Å². The smallest absolute Gasteiger partial charge is 0.416 e. The molecule has 2 amide bonds. The number of hydrogen-bond donors (Lipinski definition) is 2. The van der Waals surface area contributed by atoms with Gasteiger partial charge in [0.25, 0.3) is 17.5 Å². The summed E-state index contributed by atoms with van der Waals surface area (Å²) >= 11 is 5.89. The Kier molecular flexibility index (Phi) is 7.76. The van der Waals surface area contributed by atoms with E-state index in [0.29, 0.717) is 12.1 Å². The first kappa shape index (κ1) is 24.6. The van der Waals surface area contributed by atoms with E-state index >= 15 is 0 Å². The van der Waals surface area contributed by atoms with Gasteiger partial charge in [-0.15, -0.1) is 0 Å². The summed E-state index contributed by atoms with van der Waals surface area (Å²) in [5.74, 6) is -2.70. The van der Waals surface area contributed by atoms with Gasteiger partial charge < -0.3 is 15.4 Å². The molecule has 1 unspecified atom stereocenters. The van der Waals surface area contributed by atoms with Crippen LogP contribution >= 0.6 is 11.6 Å². The van der Waals surface area contributed by atoms with Gasteiger partial charge in [0, 0.05) is 6.07 Å². The van der Waals surface area contributed by atoms with Crippen molar-refractivity contribution in [2.24, 2.45) is 0 Å². The van der Waals surface area contributed by atoms with Gasteiger partial charge in [-0.2, -0.15) is 13.2 Å². The number of nitro benzene ring substituents is 1. The molecule has 0 aliphatic rings. The molecule has 0 radical (unpaired) electrons. The van der Waals surface area contributed by atoms with Crippen LogP contribution in [0.5, 0.6) is 0 Å². The fourth-order valence-corrected chi connectivity index (χ4v) is 2.61. The van der Waals surface area contributed by atoms with Crippen LogP contribution < -0.4 is 10.6 Å². The Morgan fingerprint density at radius 3 is 2.44 bits per heavy atom. The van der Waals surface area contributed by atoms with Crippen molar-refractivity contribution in [3.05, 3.63) is 68.7 Å². The first-order chi connectivity index (χ1) is 14.9. The zero-order valence-corrected chi connectivity index (χ0v) is 17.0. The Morgan fingerprint density at radius 2 is 1.84 bits per heavy atom. The maximum Gasteiger partial charge on any atom is 0.416 e. The highest BCUT2D eigenvalue weighted by Crippen LogP contribution is 2.34. The third kappa shape index (κ3) is 6.41. The second kappa shape index (κ2) is 10.1. The van der Waals surface area contributed by atoms with Gasteiger partial charge in [-0.05, 0) is 31.2 Å². The molecule has 13 heteroatoms. The second-order valence-electron chi connectivity index (χ2n) is 6.32. The van der Waals surface area contributed by atoms with Crippen LogP contribution in [0, 0.1) is 10.1 Å². The van der Waals surface area contributed by atoms with Crippen LogP contribution in [0.15, 0.2) is 42.5 Å². The maximum absolute atomic E-state index is 12.7. The van der Waals surface area contributed by atoms with E-state index in [0.717, 1.165) is 0 Å². The number of nitrogens with zero attached hydrogens (tertiary/aromatic N) is 1. The van der Waals surface area contributed by atoms with Crippen molar-refractivity contribution in [2.45, 2.75) is 19.1 Å². The lowest BCUT2D eigenvalue weighted by Crippen LogP contribution is -2.40. The zero-order valence-electron chi connectivity index (χ0n) is 16.2. The number of carbonyl (C=O) groups excluding carboxylic acids is 3. The number of benzene rings is 2. The van der Waals surface area contributed by atoms with Crippen LogP contribution in [0.2, 0.25) is 5.02 Å². The van der Waals surface area contributed by atoms with E-state index in [1.165, 1.54) is 19.1 Å². The molecule has 0 saturated heterocycles. The first-order valence-electron chi connectivity index (χ1n) is 8.77. The van der Waals surface area contributed by atoms with Crippen LogP contribution in [-0.2, 0) is 20.5 Å². The number of esters is 1. The fourth-order valence-electron chi connectivity index (χ4n) is 2.39. The van der Waals surface area contributed by atoms with Crippen LogP contribution in [0.1, 0.15) is 22.8 Å². The van der Waals surface area contributed by atoms with Crippen LogP contribution in [-0.4, -0.2) is 35.4 Å². The van der Waals surface area contributed by atoms with Gasteiger partial charge in [-0.25, -0.2) is 4.79 Å². The van der Waals surface area contributed by atoms with Crippen molar-refractivity contribution in [1.82, 2.24) is 5.32 Å². The quantitative estimate of drug-likeness (QED) is 0.359. The molecule has 170 valence electrons. The molecule has 0 aliphatic heterocycles. The van der Waals surface area contributed by atoms with E-state index in [4.69, 9.17) is 16.3 Å². The molecule has 0 spiro atoms. The van der Waals surface area contributed by atoms with Crippen molar-refractivity contribution >= 4 is 40.8 Å². The fraction of sp³-hybridized carbons (Fsp3) is 0.211. The van der Waals surface area contributed by atoms with Gasteiger partial charge in [-0.3, -0.25) is 19.7 Å².